The number of oxime groups is 1. The lowest BCUT2D eigenvalue weighted by molar-refractivity contribution is 0.318. The van der Waals surface area contributed by atoms with E-state index < -0.39 is 0 Å². The molecule has 1 aromatic carbocycles. The van der Waals surface area contributed by atoms with Gasteiger partial charge in [-0.2, -0.15) is 0 Å². The summed E-state index contributed by atoms with van der Waals surface area (Å²) in [4.78, 5) is 6.44. The SMILES string of the molecule is NC(=NO)c1cc(N2CCc3ccccc3CC2)ccn1. The van der Waals surface area contributed by atoms with Crippen molar-refractivity contribution in [2.24, 2.45) is 10.9 Å². The highest BCUT2D eigenvalue weighted by molar-refractivity contribution is 5.95. The molecule has 3 rings (SSSR count). The second kappa shape index (κ2) is 5.83. The van der Waals surface area contributed by atoms with Crippen molar-refractivity contribution in [2.45, 2.75) is 12.8 Å². The number of nitrogens with zero attached hydrogens (tertiary/aromatic N) is 3. The van der Waals surface area contributed by atoms with Crippen molar-refractivity contribution in [3.8, 4) is 0 Å². The Balaban J connectivity index is 1.83. The van der Waals surface area contributed by atoms with Gasteiger partial charge in [0.1, 0.15) is 5.69 Å². The predicted octanol–water partition coefficient (Wildman–Crippen LogP) is 1.78. The number of rotatable bonds is 2. The van der Waals surface area contributed by atoms with Crippen molar-refractivity contribution in [3.63, 3.8) is 0 Å². The van der Waals surface area contributed by atoms with Gasteiger partial charge < -0.3 is 15.8 Å². The first-order valence-electron chi connectivity index (χ1n) is 7.03. The van der Waals surface area contributed by atoms with Gasteiger partial charge in [0.2, 0.25) is 0 Å². The van der Waals surface area contributed by atoms with Crippen molar-refractivity contribution in [1.29, 1.82) is 0 Å². The van der Waals surface area contributed by atoms with Crippen LogP contribution in [-0.4, -0.2) is 29.1 Å². The Morgan fingerprint density at radius 1 is 1.14 bits per heavy atom. The summed E-state index contributed by atoms with van der Waals surface area (Å²) in [6.45, 7) is 1.91. The highest BCUT2D eigenvalue weighted by Gasteiger charge is 2.15. The third-order valence-electron chi connectivity index (χ3n) is 3.90. The molecule has 2 heterocycles. The van der Waals surface area contributed by atoms with Crippen LogP contribution in [0.1, 0.15) is 16.8 Å². The summed E-state index contributed by atoms with van der Waals surface area (Å²) in [5, 5.41) is 11.8. The Hall–Kier alpha value is -2.56. The van der Waals surface area contributed by atoms with Gasteiger partial charge in [0.25, 0.3) is 0 Å². The molecule has 0 saturated heterocycles. The highest BCUT2D eigenvalue weighted by atomic mass is 16.4. The maximum absolute atomic E-state index is 8.76. The zero-order chi connectivity index (χ0) is 14.7. The Morgan fingerprint density at radius 3 is 2.43 bits per heavy atom. The molecule has 0 radical (unpaired) electrons. The van der Waals surface area contributed by atoms with Crippen LogP contribution < -0.4 is 10.6 Å². The molecule has 5 heteroatoms. The van der Waals surface area contributed by atoms with Crippen molar-refractivity contribution in [1.82, 2.24) is 4.98 Å². The fraction of sp³-hybridized carbons (Fsp3) is 0.250. The zero-order valence-electron chi connectivity index (χ0n) is 11.7. The molecule has 1 aromatic heterocycles. The number of hydrogen-bond acceptors (Lipinski definition) is 4. The van der Waals surface area contributed by atoms with Crippen molar-refractivity contribution < 1.29 is 5.21 Å². The minimum absolute atomic E-state index is 0.0370. The van der Waals surface area contributed by atoms with Gasteiger partial charge >= 0.3 is 0 Å². The van der Waals surface area contributed by atoms with E-state index in [1.807, 2.05) is 12.1 Å². The van der Waals surface area contributed by atoms with Crippen molar-refractivity contribution in [3.05, 3.63) is 59.4 Å². The maximum atomic E-state index is 8.76. The largest absolute Gasteiger partial charge is 0.409 e. The summed E-state index contributed by atoms with van der Waals surface area (Å²) in [6.07, 6.45) is 3.75. The lowest BCUT2D eigenvalue weighted by Crippen LogP contribution is -2.26. The molecule has 0 bridgehead atoms. The number of fused-ring (bicyclic) bond motifs is 1. The second-order valence-corrected chi connectivity index (χ2v) is 5.14. The average Bonchev–Trinajstić information content (AvgIpc) is 2.77. The zero-order valence-corrected chi connectivity index (χ0v) is 11.7. The molecule has 0 saturated carbocycles. The molecule has 1 aliphatic heterocycles. The molecule has 21 heavy (non-hydrogen) atoms. The Labute approximate surface area is 123 Å². The van der Waals surface area contributed by atoms with Gasteiger partial charge in [0, 0.05) is 25.0 Å². The molecule has 0 unspecified atom stereocenters. The molecule has 5 nitrogen and oxygen atoms in total. The number of anilines is 1. The van der Waals surface area contributed by atoms with Crippen LogP contribution in [-0.2, 0) is 12.8 Å². The van der Waals surface area contributed by atoms with Gasteiger partial charge in [-0.15, -0.1) is 0 Å². The number of benzene rings is 1. The van der Waals surface area contributed by atoms with Crippen molar-refractivity contribution in [2.75, 3.05) is 18.0 Å². The molecule has 1 aliphatic rings. The number of aromatic nitrogens is 1. The van der Waals surface area contributed by atoms with E-state index in [1.54, 1.807) is 6.20 Å². The van der Waals surface area contributed by atoms with E-state index in [2.05, 4.69) is 39.3 Å². The third-order valence-corrected chi connectivity index (χ3v) is 3.90. The van der Waals surface area contributed by atoms with Gasteiger partial charge in [0.05, 0.1) is 0 Å². The van der Waals surface area contributed by atoms with E-state index in [9.17, 15) is 0 Å². The topological polar surface area (TPSA) is 74.7 Å². The molecule has 2 aromatic rings. The fourth-order valence-corrected chi connectivity index (χ4v) is 2.73. The molecule has 0 aliphatic carbocycles. The number of hydrogen-bond donors (Lipinski definition) is 2. The van der Waals surface area contributed by atoms with E-state index in [0.717, 1.165) is 31.6 Å². The van der Waals surface area contributed by atoms with E-state index in [-0.39, 0.29) is 5.84 Å². The second-order valence-electron chi connectivity index (χ2n) is 5.14. The Morgan fingerprint density at radius 2 is 1.81 bits per heavy atom. The molecule has 3 N–H and O–H groups in total. The van der Waals surface area contributed by atoms with E-state index in [4.69, 9.17) is 10.9 Å². The van der Waals surface area contributed by atoms with Gasteiger partial charge in [-0.3, -0.25) is 4.98 Å². The standard InChI is InChI=1S/C16H18N4O/c17-16(19-21)15-11-14(5-8-18-15)20-9-6-12-3-1-2-4-13(12)7-10-20/h1-5,8,11,21H,6-7,9-10H2,(H2,17,19). The molecule has 0 atom stereocenters. The Kier molecular flexibility index (Phi) is 3.73. The normalized spacial score (nSPS) is 15.4. The highest BCUT2D eigenvalue weighted by Crippen LogP contribution is 2.21. The lowest BCUT2D eigenvalue weighted by Gasteiger charge is -2.22. The van der Waals surface area contributed by atoms with Gasteiger partial charge in [-0.25, -0.2) is 0 Å². The Bertz CT molecular complexity index is 642. The van der Waals surface area contributed by atoms with Crippen molar-refractivity contribution >= 4 is 11.5 Å². The maximum Gasteiger partial charge on any atom is 0.188 e. The molecule has 0 spiro atoms. The fourth-order valence-electron chi connectivity index (χ4n) is 2.73. The molecule has 0 amide bonds. The summed E-state index contributed by atoms with van der Waals surface area (Å²) < 4.78 is 0. The van der Waals surface area contributed by atoms with E-state index in [0.29, 0.717) is 5.69 Å². The van der Waals surface area contributed by atoms with E-state index in [1.165, 1.54) is 11.1 Å². The van der Waals surface area contributed by atoms with Gasteiger partial charge in [0.15, 0.2) is 5.84 Å². The van der Waals surface area contributed by atoms with Crippen LogP contribution in [0.2, 0.25) is 0 Å². The van der Waals surface area contributed by atoms with Gasteiger partial charge in [-0.05, 0) is 36.1 Å². The summed E-state index contributed by atoms with van der Waals surface area (Å²) in [5.74, 6) is 0.0370. The predicted molar refractivity (Wildman–Crippen MR) is 82.8 cm³/mol. The number of nitrogens with two attached hydrogens (primary N) is 1. The minimum Gasteiger partial charge on any atom is -0.409 e. The summed E-state index contributed by atoms with van der Waals surface area (Å²) in [6, 6.07) is 12.4. The van der Waals surface area contributed by atoms with Crippen LogP contribution in [0.4, 0.5) is 5.69 Å². The smallest absolute Gasteiger partial charge is 0.188 e. The van der Waals surface area contributed by atoms with Crippen LogP contribution >= 0.6 is 0 Å². The number of pyridine rings is 1. The first kappa shape index (κ1) is 13.4. The molecular formula is C16H18N4O. The first-order chi connectivity index (χ1) is 10.3. The van der Waals surface area contributed by atoms with Crippen LogP contribution in [0.25, 0.3) is 0 Å². The van der Waals surface area contributed by atoms with Gasteiger partial charge in [-0.1, -0.05) is 29.4 Å². The monoisotopic (exact) mass is 282 g/mol. The lowest BCUT2D eigenvalue weighted by atomic mass is 10.0. The number of amidine groups is 1. The minimum atomic E-state index is 0.0370. The first-order valence-corrected chi connectivity index (χ1v) is 7.03. The summed E-state index contributed by atoms with van der Waals surface area (Å²) in [5.41, 5.74) is 10.0. The average molecular weight is 282 g/mol. The van der Waals surface area contributed by atoms with Crippen LogP contribution in [0.5, 0.6) is 0 Å². The molecule has 0 fully saturated rings. The van der Waals surface area contributed by atoms with Crippen LogP contribution in [0.3, 0.4) is 0 Å². The summed E-state index contributed by atoms with van der Waals surface area (Å²) >= 11 is 0. The quantitative estimate of drug-likeness (QED) is 0.381. The van der Waals surface area contributed by atoms with E-state index >= 15 is 0 Å². The molecule has 108 valence electrons. The van der Waals surface area contributed by atoms with Crippen LogP contribution in [0, 0.1) is 0 Å². The molecular weight excluding hydrogens is 264 g/mol. The van der Waals surface area contributed by atoms with Crippen LogP contribution in [0.15, 0.2) is 47.8 Å². The summed E-state index contributed by atoms with van der Waals surface area (Å²) in [7, 11) is 0. The third kappa shape index (κ3) is 2.81.